The fourth-order valence-corrected chi connectivity index (χ4v) is 1.65. The SMILES string of the molecule is CC(C)(CO)[N+](=O)[O-].CC(C)(COCOCC(C)(C)[N+](=O)[O-])[N+](=O)[O-].CC(C)(COCOCOCC(C)(C)[N+](=O)[O-])[N+](=O)[O-]. The summed E-state index contributed by atoms with van der Waals surface area (Å²) >= 11 is 0. The molecule has 0 aromatic heterocycles. The van der Waals surface area contributed by atoms with Crippen molar-refractivity contribution in [1.82, 2.24) is 0 Å². The molecule has 21 nitrogen and oxygen atoms in total. The normalized spacial score (nSPS) is 12.2. The monoisotopic (exact) mass is 649 g/mol. The predicted molar refractivity (Wildman–Crippen MR) is 152 cm³/mol. The van der Waals surface area contributed by atoms with Crippen molar-refractivity contribution in [3.8, 4) is 0 Å². The Kier molecular flexibility index (Phi) is 20.5. The summed E-state index contributed by atoms with van der Waals surface area (Å²) in [6.07, 6.45) is 0. The molecular formula is C23H47N5O16. The molecule has 0 heterocycles. The highest BCUT2D eigenvalue weighted by Crippen LogP contribution is 2.11. The van der Waals surface area contributed by atoms with E-state index in [9.17, 15) is 50.6 Å². The van der Waals surface area contributed by atoms with Crippen LogP contribution in [0.1, 0.15) is 69.2 Å². The molecule has 0 unspecified atom stereocenters. The van der Waals surface area contributed by atoms with Crippen molar-refractivity contribution in [1.29, 1.82) is 0 Å². The molecule has 0 saturated carbocycles. The van der Waals surface area contributed by atoms with Gasteiger partial charge in [-0.2, -0.15) is 0 Å². The van der Waals surface area contributed by atoms with Gasteiger partial charge in [-0.1, -0.05) is 0 Å². The highest BCUT2D eigenvalue weighted by atomic mass is 16.7. The third-order valence-electron chi connectivity index (χ3n) is 5.18. The quantitative estimate of drug-likeness (QED) is 0.0855. The second kappa shape index (κ2) is 19.9. The standard InChI is InChI=1S/C10H20N2O7.C9H18N2O6.C4H9NO3/c1-9(2,11(13)14)5-17-7-19-8-18-6-10(3,4)12(15)16;1-8(2,10(12)13)5-16-7-17-6-9(3,4)11(14)15;1-4(2,3-6)5(7)8/h5-8H2,1-4H3;5-7H2,1-4H3;6H,3H2,1-2H3. The van der Waals surface area contributed by atoms with Crippen LogP contribution in [0.3, 0.4) is 0 Å². The molecule has 0 aliphatic heterocycles. The van der Waals surface area contributed by atoms with Gasteiger partial charge >= 0.3 is 0 Å². The summed E-state index contributed by atoms with van der Waals surface area (Å²) < 4.78 is 24.7. The van der Waals surface area contributed by atoms with Gasteiger partial charge in [0.25, 0.3) is 0 Å². The van der Waals surface area contributed by atoms with Gasteiger partial charge in [0.05, 0.1) is 0 Å². The zero-order chi connectivity index (χ0) is 35.6. The Morgan fingerprint density at radius 1 is 0.409 bits per heavy atom. The molecule has 44 heavy (non-hydrogen) atoms. The van der Waals surface area contributed by atoms with E-state index in [0.29, 0.717) is 0 Å². The topological polar surface area (TPSA) is 282 Å². The van der Waals surface area contributed by atoms with Crippen molar-refractivity contribution >= 4 is 0 Å². The highest BCUT2D eigenvalue weighted by Gasteiger charge is 2.34. The number of ether oxygens (including phenoxy) is 5. The van der Waals surface area contributed by atoms with E-state index in [1.807, 2.05) is 0 Å². The van der Waals surface area contributed by atoms with Crippen molar-refractivity contribution < 1.29 is 53.4 Å². The number of aliphatic hydroxyl groups excluding tert-OH is 1. The molecule has 1 N–H and O–H groups in total. The number of nitro groups is 5. The van der Waals surface area contributed by atoms with Crippen LogP contribution in [0.4, 0.5) is 0 Å². The van der Waals surface area contributed by atoms with Crippen molar-refractivity contribution in [3.63, 3.8) is 0 Å². The lowest BCUT2D eigenvalue weighted by Gasteiger charge is -2.17. The fraction of sp³-hybridized carbons (Fsp3) is 1.00. The molecule has 260 valence electrons. The van der Waals surface area contributed by atoms with Crippen LogP contribution >= 0.6 is 0 Å². The molecule has 0 radical (unpaired) electrons. The van der Waals surface area contributed by atoms with E-state index in [4.69, 9.17) is 28.8 Å². The zero-order valence-corrected chi connectivity index (χ0v) is 27.0. The van der Waals surface area contributed by atoms with Crippen LogP contribution in [0, 0.1) is 50.6 Å². The Bertz CT molecular complexity index is 866. The van der Waals surface area contributed by atoms with Gasteiger partial charge in [0.15, 0.2) is 0 Å². The molecule has 21 heteroatoms. The van der Waals surface area contributed by atoms with Gasteiger partial charge in [-0.25, -0.2) is 0 Å². The molecule has 0 aliphatic carbocycles. The molecule has 0 bridgehead atoms. The molecule has 0 rings (SSSR count). The molecule has 0 fully saturated rings. The van der Waals surface area contributed by atoms with E-state index in [0.717, 1.165) is 0 Å². The molecular weight excluding hydrogens is 602 g/mol. The minimum Gasteiger partial charge on any atom is -0.389 e. The summed E-state index contributed by atoms with van der Waals surface area (Å²) in [6.45, 7) is 12.8. The van der Waals surface area contributed by atoms with Gasteiger partial charge in [-0.15, -0.1) is 0 Å². The van der Waals surface area contributed by atoms with Crippen LogP contribution in [0.25, 0.3) is 0 Å². The first-order valence-electron chi connectivity index (χ1n) is 12.9. The first-order chi connectivity index (χ1) is 19.7. The van der Waals surface area contributed by atoms with E-state index in [1.165, 1.54) is 69.2 Å². The summed E-state index contributed by atoms with van der Waals surface area (Å²) in [6, 6.07) is 0. The number of hydrogen-bond donors (Lipinski definition) is 1. The summed E-state index contributed by atoms with van der Waals surface area (Å²) in [7, 11) is 0. The minimum absolute atomic E-state index is 0.0968. The van der Waals surface area contributed by atoms with Gasteiger partial charge in [-0.05, 0) is 0 Å². The van der Waals surface area contributed by atoms with E-state index in [1.54, 1.807) is 0 Å². The van der Waals surface area contributed by atoms with Crippen LogP contribution in [-0.4, -0.2) is 111 Å². The summed E-state index contributed by atoms with van der Waals surface area (Å²) in [4.78, 5) is 49.8. The molecule has 0 atom stereocenters. The van der Waals surface area contributed by atoms with Crippen LogP contribution in [-0.2, 0) is 23.7 Å². The van der Waals surface area contributed by atoms with E-state index in [2.05, 4.69) is 0 Å². The number of nitrogens with zero attached hydrogens (tertiary/aromatic N) is 5. The molecule has 0 saturated heterocycles. The van der Waals surface area contributed by atoms with E-state index < -0.39 is 58.9 Å². The van der Waals surface area contributed by atoms with Gasteiger partial charge in [-0.3, -0.25) is 50.6 Å². The fourth-order valence-electron chi connectivity index (χ4n) is 1.65. The van der Waals surface area contributed by atoms with Crippen molar-refractivity contribution in [3.05, 3.63) is 50.6 Å². The molecule has 0 amide bonds. The maximum atomic E-state index is 10.6. The second-order valence-corrected chi connectivity index (χ2v) is 12.5. The summed E-state index contributed by atoms with van der Waals surface area (Å²) in [5.41, 5.74) is -5.93. The molecule has 0 aromatic rings. The number of hydrogen-bond acceptors (Lipinski definition) is 16. The van der Waals surface area contributed by atoms with Crippen LogP contribution in [0.2, 0.25) is 0 Å². The maximum Gasteiger partial charge on any atom is 0.239 e. The molecule has 0 aliphatic rings. The van der Waals surface area contributed by atoms with Gasteiger partial charge in [0.2, 0.25) is 27.7 Å². The average Bonchev–Trinajstić information content (AvgIpc) is 2.88. The lowest BCUT2D eigenvalue weighted by atomic mass is 10.1. The van der Waals surface area contributed by atoms with Crippen molar-refractivity contribution in [2.24, 2.45) is 0 Å². The Morgan fingerprint density at radius 2 is 0.591 bits per heavy atom. The van der Waals surface area contributed by atoms with Crippen LogP contribution < -0.4 is 0 Å². The lowest BCUT2D eigenvalue weighted by molar-refractivity contribution is -0.569. The first kappa shape index (κ1) is 45.2. The zero-order valence-electron chi connectivity index (χ0n) is 27.0. The predicted octanol–water partition coefficient (Wildman–Crippen LogP) is 2.18. The van der Waals surface area contributed by atoms with Gasteiger partial charge in [0, 0.05) is 93.9 Å². The third kappa shape index (κ3) is 20.6. The summed E-state index contributed by atoms with van der Waals surface area (Å²) in [5, 5.41) is 60.4. The van der Waals surface area contributed by atoms with Gasteiger partial charge in [0.1, 0.15) is 53.4 Å². The Labute approximate surface area is 254 Å². The van der Waals surface area contributed by atoms with E-state index in [-0.39, 0.29) is 46.8 Å². The van der Waals surface area contributed by atoms with E-state index >= 15 is 0 Å². The van der Waals surface area contributed by atoms with Gasteiger partial charge < -0.3 is 28.8 Å². The number of aliphatic hydroxyl groups is 1. The molecule has 0 aromatic carbocycles. The Morgan fingerprint density at radius 3 is 0.727 bits per heavy atom. The molecule has 0 spiro atoms. The second-order valence-electron chi connectivity index (χ2n) is 12.5. The largest absolute Gasteiger partial charge is 0.389 e. The average molecular weight is 650 g/mol. The maximum absolute atomic E-state index is 10.6. The first-order valence-corrected chi connectivity index (χ1v) is 12.9. The third-order valence-corrected chi connectivity index (χ3v) is 5.18. The summed E-state index contributed by atoms with van der Waals surface area (Å²) in [5.74, 6) is 0. The Hall–Kier alpha value is -3.24. The smallest absolute Gasteiger partial charge is 0.239 e. The Balaban J connectivity index is -0.000000618. The van der Waals surface area contributed by atoms with Crippen molar-refractivity contribution in [2.75, 3.05) is 53.4 Å². The highest BCUT2D eigenvalue weighted by molar-refractivity contribution is 4.67. The lowest BCUT2D eigenvalue weighted by Crippen LogP contribution is -2.38. The minimum atomic E-state index is -1.19. The van der Waals surface area contributed by atoms with Crippen LogP contribution in [0.5, 0.6) is 0 Å². The van der Waals surface area contributed by atoms with Crippen molar-refractivity contribution in [2.45, 2.75) is 96.9 Å². The number of rotatable bonds is 20. The van der Waals surface area contributed by atoms with Crippen LogP contribution in [0.15, 0.2) is 0 Å².